The van der Waals surface area contributed by atoms with Gasteiger partial charge in [0, 0.05) is 23.8 Å². The fourth-order valence-corrected chi connectivity index (χ4v) is 7.00. The number of allylic oxidation sites excluding steroid dienone is 1. The van der Waals surface area contributed by atoms with Gasteiger partial charge in [0.25, 0.3) is 0 Å². The minimum absolute atomic E-state index is 0.0157. The molecule has 1 heterocycles. The van der Waals surface area contributed by atoms with Crippen LogP contribution in [0.2, 0.25) is 0 Å². The molecule has 4 rings (SSSR count). The van der Waals surface area contributed by atoms with Gasteiger partial charge < -0.3 is 0 Å². The van der Waals surface area contributed by atoms with E-state index in [1.165, 1.54) is 23.8 Å². The van der Waals surface area contributed by atoms with E-state index in [1.807, 2.05) is 23.5 Å². The predicted octanol–water partition coefficient (Wildman–Crippen LogP) is 7.44. The molecular formula is C23H18S3. The third-order valence-electron chi connectivity index (χ3n) is 3.78. The molecule has 0 saturated heterocycles. The maximum Gasteiger partial charge on any atom is 0.0451 e. The quantitative estimate of drug-likeness (QED) is 0.425. The molecule has 0 spiro atoms. The third-order valence-corrected chi connectivity index (χ3v) is 8.14. The zero-order chi connectivity index (χ0) is 17.6. The molecule has 0 aromatic heterocycles. The normalized spacial score (nSPS) is 16.4. The number of benzene rings is 3. The van der Waals surface area contributed by atoms with Crippen molar-refractivity contribution >= 4 is 38.2 Å². The van der Waals surface area contributed by atoms with Gasteiger partial charge in [-0.2, -0.15) is 0 Å². The summed E-state index contributed by atoms with van der Waals surface area (Å²) in [6.07, 6.45) is 4.62. The Bertz CT molecular complexity index is 956. The van der Waals surface area contributed by atoms with E-state index in [0.29, 0.717) is 0 Å². The van der Waals surface area contributed by atoms with Crippen molar-refractivity contribution in [3.8, 4) is 0 Å². The van der Waals surface area contributed by atoms with Gasteiger partial charge in [0.15, 0.2) is 0 Å². The number of hydrogen-bond acceptors (Lipinski definition) is 2. The van der Waals surface area contributed by atoms with Gasteiger partial charge in [-0.1, -0.05) is 78.1 Å². The van der Waals surface area contributed by atoms with Crippen LogP contribution in [0, 0.1) is 0 Å². The van der Waals surface area contributed by atoms with E-state index in [2.05, 4.69) is 109 Å². The molecule has 128 valence electrons. The maximum absolute atomic E-state index is 2.35. The lowest BCUT2D eigenvalue weighted by Gasteiger charge is -2.16. The predicted molar refractivity (Wildman–Crippen MR) is 119 cm³/mol. The second-order valence-electron chi connectivity index (χ2n) is 5.65. The fraction of sp³-hybridized carbons (Fsp3) is 0. The molecule has 3 aromatic carbocycles. The molecular weight excluding hydrogens is 372 g/mol. The zero-order valence-corrected chi connectivity index (χ0v) is 16.6. The maximum atomic E-state index is 2.35. The molecule has 1 atom stereocenters. The molecule has 0 amide bonds. The lowest BCUT2D eigenvalue weighted by molar-refractivity contribution is 1.47. The van der Waals surface area contributed by atoms with Crippen LogP contribution >= 0.6 is 34.0 Å². The van der Waals surface area contributed by atoms with E-state index in [-0.39, 0.29) is 10.5 Å². The summed E-state index contributed by atoms with van der Waals surface area (Å²) in [5.41, 5.74) is 0. The Labute approximate surface area is 166 Å². The number of thioether (sulfide) groups is 2. The van der Waals surface area contributed by atoms with Gasteiger partial charge in [-0.15, -0.1) is 10.5 Å². The molecule has 0 aliphatic carbocycles. The summed E-state index contributed by atoms with van der Waals surface area (Å²) in [6.45, 7) is 0. The molecule has 0 saturated carbocycles. The fourth-order valence-electron chi connectivity index (χ4n) is 2.56. The van der Waals surface area contributed by atoms with Crippen molar-refractivity contribution in [2.45, 2.75) is 14.7 Å². The van der Waals surface area contributed by atoms with Gasteiger partial charge in [0.2, 0.25) is 0 Å². The Morgan fingerprint density at radius 2 is 1.12 bits per heavy atom. The van der Waals surface area contributed by atoms with Crippen LogP contribution in [0.4, 0.5) is 0 Å². The highest BCUT2D eigenvalue weighted by atomic mass is 32.2. The van der Waals surface area contributed by atoms with E-state index in [4.69, 9.17) is 0 Å². The Kier molecular flexibility index (Phi) is 5.80. The highest BCUT2D eigenvalue weighted by Gasteiger charge is 2.12. The van der Waals surface area contributed by atoms with Gasteiger partial charge in [0.1, 0.15) is 0 Å². The lowest BCUT2D eigenvalue weighted by Crippen LogP contribution is -1.94. The van der Waals surface area contributed by atoms with Gasteiger partial charge in [-0.05, 0) is 54.0 Å². The SMILES string of the molecule is C1=CS(c2ccccc2)=C(Sc2ccccc2)C=C1Sc1ccccc1. The van der Waals surface area contributed by atoms with Crippen LogP contribution in [0.15, 0.2) is 128 Å². The summed E-state index contributed by atoms with van der Waals surface area (Å²) in [5, 5.41) is 2.35. The minimum Gasteiger partial charge on any atom is -0.116 e. The summed E-state index contributed by atoms with van der Waals surface area (Å²) < 4.78 is 1.39. The van der Waals surface area contributed by atoms with Crippen LogP contribution in [0.1, 0.15) is 0 Å². The molecule has 0 radical (unpaired) electrons. The molecule has 3 aromatic rings. The summed E-state index contributed by atoms with van der Waals surface area (Å²) in [6, 6.07) is 32.0. The molecule has 0 N–H and O–H groups in total. The second kappa shape index (κ2) is 8.63. The monoisotopic (exact) mass is 390 g/mol. The van der Waals surface area contributed by atoms with Gasteiger partial charge in [0.05, 0.1) is 0 Å². The first-order valence-corrected chi connectivity index (χ1v) is 11.3. The van der Waals surface area contributed by atoms with Crippen LogP contribution in [0.25, 0.3) is 0 Å². The molecule has 3 heteroatoms. The Balaban J connectivity index is 1.70. The molecule has 1 aliphatic rings. The highest BCUT2D eigenvalue weighted by Crippen LogP contribution is 2.41. The topological polar surface area (TPSA) is 0 Å². The van der Waals surface area contributed by atoms with Crippen molar-refractivity contribution in [1.82, 2.24) is 0 Å². The summed E-state index contributed by atoms with van der Waals surface area (Å²) >= 11 is 3.69. The number of hydrogen-bond donors (Lipinski definition) is 0. The lowest BCUT2D eigenvalue weighted by atomic mass is 10.4. The van der Waals surface area contributed by atoms with Crippen molar-refractivity contribution in [3.63, 3.8) is 0 Å². The third kappa shape index (κ3) is 4.42. The van der Waals surface area contributed by atoms with Gasteiger partial charge in [-0.3, -0.25) is 0 Å². The van der Waals surface area contributed by atoms with Crippen LogP contribution in [-0.2, 0) is 0 Å². The van der Waals surface area contributed by atoms with Gasteiger partial charge >= 0.3 is 0 Å². The zero-order valence-electron chi connectivity index (χ0n) is 14.1. The molecule has 1 unspecified atom stereocenters. The molecule has 1 aliphatic heterocycles. The first-order valence-electron chi connectivity index (χ1n) is 8.39. The average Bonchev–Trinajstić information content (AvgIpc) is 2.70. The van der Waals surface area contributed by atoms with Crippen LogP contribution in [-0.4, -0.2) is 4.20 Å². The summed E-state index contributed by atoms with van der Waals surface area (Å²) in [4.78, 5) is 5.21. The van der Waals surface area contributed by atoms with Crippen molar-refractivity contribution in [2.75, 3.05) is 0 Å². The largest absolute Gasteiger partial charge is 0.116 e. The second-order valence-corrected chi connectivity index (χ2v) is 10.0. The minimum atomic E-state index is -0.0157. The Morgan fingerprint density at radius 1 is 0.577 bits per heavy atom. The standard InChI is InChI=1S/C23H18S3/c1-4-10-19(11-5-1)24-21-16-17-26(22-14-8-3-9-15-22)23(18-21)25-20-12-6-2-7-13-20/h1-18H. The van der Waals surface area contributed by atoms with E-state index < -0.39 is 0 Å². The van der Waals surface area contributed by atoms with Crippen molar-refractivity contribution in [1.29, 1.82) is 0 Å². The van der Waals surface area contributed by atoms with Gasteiger partial charge in [-0.25, -0.2) is 0 Å². The number of rotatable bonds is 4. The smallest absolute Gasteiger partial charge is 0.0451 e. The van der Waals surface area contributed by atoms with Crippen LogP contribution < -0.4 is 0 Å². The van der Waals surface area contributed by atoms with E-state index >= 15 is 0 Å². The van der Waals surface area contributed by atoms with Crippen molar-refractivity contribution < 1.29 is 0 Å². The Morgan fingerprint density at radius 3 is 1.73 bits per heavy atom. The van der Waals surface area contributed by atoms with E-state index in [0.717, 1.165) is 0 Å². The highest BCUT2D eigenvalue weighted by molar-refractivity contribution is 8.35. The van der Waals surface area contributed by atoms with E-state index in [9.17, 15) is 0 Å². The molecule has 0 fully saturated rings. The molecule has 0 bridgehead atoms. The van der Waals surface area contributed by atoms with Crippen LogP contribution in [0.5, 0.6) is 0 Å². The first-order chi connectivity index (χ1) is 12.9. The summed E-state index contributed by atoms with van der Waals surface area (Å²) in [7, 11) is -0.0157. The average molecular weight is 391 g/mol. The Hall–Kier alpha value is -1.94. The van der Waals surface area contributed by atoms with Crippen molar-refractivity contribution in [2.24, 2.45) is 0 Å². The molecule has 0 nitrogen and oxygen atoms in total. The molecule has 26 heavy (non-hydrogen) atoms. The first kappa shape index (κ1) is 17.5. The van der Waals surface area contributed by atoms with Crippen LogP contribution in [0.3, 0.4) is 0 Å². The summed E-state index contributed by atoms with van der Waals surface area (Å²) in [5.74, 6) is 0. The van der Waals surface area contributed by atoms with Crippen molar-refractivity contribution in [3.05, 3.63) is 113 Å². The van der Waals surface area contributed by atoms with E-state index in [1.54, 1.807) is 0 Å².